The van der Waals surface area contributed by atoms with Crippen LogP contribution in [0.15, 0.2) is 23.4 Å². The summed E-state index contributed by atoms with van der Waals surface area (Å²) in [5.41, 5.74) is 1.30. The molecule has 0 bridgehead atoms. The molecular formula is C15H23O4PTi. The molecular weight excluding hydrogens is 323 g/mol. The van der Waals surface area contributed by atoms with E-state index in [4.69, 9.17) is 19.7 Å². The van der Waals surface area contributed by atoms with Crippen molar-refractivity contribution in [2.75, 3.05) is 28.4 Å². The standard InChI is InChI=1S/C7H9O2.C6H8P.2CH3O.Ti/c1-8-6-4-3-5-7(6)9-2;1-5-3-6(2)7-4-5;2*1-2;/h4H,3H2,1-2H3;4,7H,1-2H3;2*1H3;/q4*-1;+4. The fraction of sp³-hybridized carbons (Fsp3) is 0.467. The van der Waals surface area contributed by atoms with Gasteiger partial charge in [-0.05, 0) is 5.76 Å². The van der Waals surface area contributed by atoms with E-state index in [-0.39, 0.29) is 21.7 Å². The van der Waals surface area contributed by atoms with Crippen molar-refractivity contribution in [1.82, 2.24) is 0 Å². The van der Waals surface area contributed by atoms with Gasteiger partial charge in [-0.15, -0.1) is 17.8 Å². The molecule has 0 saturated carbocycles. The molecule has 1 atom stereocenters. The summed E-state index contributed by atoms with van der Waals surface area (Å²) in [7, 11) is 5.64. The molecule has 116 valence electrons. The van der Waals surface area contributed by atoms with E-state index in [0.29, 0.717) is 0 Å². The fourth-order valence-electron chi connectivity index (χ4n) is 1.35. The second kappa shape index (κ2) is 17.5. The number of rotatable bonds is 2. The van der Waals surface area contributed by atoms with Gasteiger partial charge in [-0.1, -0.05) is 13.8 Å². The zero-order valence-electron chi connectivity index (χ0n) is 13.5. The molecule has 0 fully saturated rings. The van der Waals surface area contributed by atoms with E-state index in [1.807, 2.05) is 6.08 Å². The minimum atomic E-state index is 0. The van der Waals surface area contributed by atoms with Crippen LogP contribution in [0.25, 0.3) is 0 Å². The summed E-state index contributed by atoms with van der Waals surface area (Å²) in [6.45, 7) is 4.20. The molecule has 1 aromatic heterocycles. The Morgan fingerprint density at radius 3 is 1.90 bits per heavy atom. The van der Waals surface area contributed by atoms with Gasteiger partial charge in [-0.2, -0.15) is 20.0 Å². The quantitative estimate of drug-likeness (QED) is 0.599. The molecule has 1 heterocycles. The van der Waals surface area contributed by atoms with Gasteiger partial charge in [0.15, 0.2) is 0 Å². The summed E-state index contributed by atoms with van der Waals surface area (Å²) >= 11 is 0. The topological polar surface area (TPSA) is 64.6 Å². The van der Waals surface area contributed by atoms with E-state index in [1.54, 1.807) is 14.2 Å². The number of ether oxygens (including phenoxy) is 2. The molecule has 0 radical (unpaired) electrons. The van der Waals surface area contributed by atoms with Crippen LogP contribution in [0.2, 0.25) is 0 Å². The van der Waals surface area contributed by atoms with Crippen molar-refractivity contribution in [3.05, 3.63) is 46.4 Å². The minimum absolute atomic E-state index is 0. The molecule has 0 aliphatic heterocycles. The normalized spacial score (nSPS) is 11.2. The van der Waals surface area contributed by atoms with E-state index in [0.717, 1.165) is 40.4 Å². The molecule has 0 amide bonds. The van der Waals surface area contributed by atoms with Crippen molar-refractivity contribution < 1.29 is 41.4 Å². The Bertz CT molecular complexity index is 366. The van der Waals surface area contributed by atoms with Crippen molar-refractivity contribution >= 4 is 8.19 Å². The zero-order valence-corrected chi connectivity index (χ0v) is 16.1. The second-order valence-corrected chi connectivity index (χ2v) is 4.74. The third-order valence-electron chi connectivity index (χ3n) is 2.09. The van der Waals surface area contributed by atoms with Crippen molar-refractivity contribution in [3.8, 4) is 0 Å². The van der Waals surface area contributed by atoms with Crippen LogP contribution >= 0.6 is 8.19 Å². The molecule has 0 N–H and O–H groups in total. The second-order valence-electron chi connectivity index (χ2n) is 3.41. The molecule has 1 aliphatic rings. The molecule has 1 aromatic rings. The monoisotopic (exact) mass is 346 g/mol. The first-order chi connectivity index (χ1) is 9.67. The Labute approximate surface area is 144 Å². The predicted molar refractivity (Wildman–Crippen MR) is 79.6 cm³/mol. The summed E-state index contributed by atoms with van der Waals surface area (Å²) in [5.74, 6) is 3.73. The van der Waals surface area contributed by atoms with Crippen molar-refractivity contribution in [2.45, 2.75) is 20.3 Å². The minimum Gasteiger partial charge on any atom is -0.857 e. The van der Waals surface area contributed by atoms with Crippen molar-refractivity contribution in [3.63, 3.8) is 0 Å². The molecule has 1 aliphatic carbocycles. The third kappa shape index (κ3) is 11.8. The van der Waals surface area contributed by atoms with Gasteiger partial charge in [0.2, 0.25) is 0 Å². The van der Waals surface area contributed by atoms with Crippen LogP contribution in [-0.4, -0.2) is 28.4 Å². The van der Waals surface area contributed by atoms with Crippen LogP contribution in [-0.2, 0) is 31.2 Å². The first-order valence-electron chi connectivity index (χ1n) is 5.92. The van der Waals surface area contributed by atoms with E-state index < -0.39 is 0 Å². The molecule has 0 aromatic carbocycles. The molecule has 4 nitrogen and oxygen atoms in total. The van der Waals surface area contributed by atoms with Crippen LogP contribution in [0.1, 0.15) is 17.3 Å². The molecule has 21 heavy (non-hydrogen) atoms. The summed E-state index contributed by atoms with van der Waals surface area (Å²) in [5, 5.41) is 17.9. The Kier molecular flexibility index (Phi) is 21.3. The Morgan fingerprint density at radius 1 is 1.10 bits per heavy atom. The average molecular weight is 346 g/mol. The van der Waals surface area contributed by atoms with Gasteiger partial charge in [0.1, 0.15) is 0 Å². The summed E-state index contributed by atoms with van der Waals surface area (Å²) < 4.78 is 9.88. The Hall–Kier alpha value is -0.506. The van der Waals surface area contributed by atoms with Gasteiger partial charge in [0.25, 0.3) is 0 Å². The smallest absolute Gasteiger partial charge is 0.857 e. The van der Waals surface area contributed by atoms with Gasteiger partial charge >= 0.3 is 21.7 Å². The number of aryl methyl sites for hydroxylation is 2. The summed E-state index contributed by atoms with van der Waals surface area (Å²) in [6, 6.07) is 3.21. The van der Waals surface area contributed by atoms with E-state index in [2.05, 4.69) is 31.8 Å². The fourth-order valence-corrected chi connectivity index (χ4v) is 2.12. The van der Waals surface area contributed by atoms with Gasteiger partial charge < -0.3 is 19.7 Å². The number of hydrogen-bond acceptors (Lipinski definition) is 4. The Balaban J connectivity index is -0.000000244. The maximum absolute atomic E-state index is 8.25. The summed E-state index contributed by atoms with van der Waals surface area (Å²) in [6.07, 6.45) is 5.71. The van der Waals surface area contributed by atoms with Crippen LogP contribution < -0.4 is 10.2 Å². The van der Waals surface area contributed by atoms with Gasteiger partial charge in [-0.25, -0.2) is 25.9 Å². The van der Waals surface area contributed by atoms with E-state index in [9.17, 15) is 0 Å². The zero-order chi connectivity index (χ0) is 16.0. The van der Waals surface area contributed by atoms with Crippen LogP contribution in [0.3, 0.4) is 0 Å². The van der Waals surface area contributed by atoms with Crippen molar-refractivity contribution in [2.24, 2.45) is 0 Å². The predicted octanol–water partition coefficient (Wildman–Crippen LogP) is 1.34. The van der Waals surface area contributed by atoms with Crippen LogP contribution in [0.5, 0.6) is 0 Å². The van der Waals surface area contributed by atoms with Gasteiger partial charge in [0.05, 0.1) is 14.2 Å². The number of hydrogen-bond donors (Lipinski definition) is 0. The third-order valence-corrected chi connectivity index (χ3v) is 3.22. The summed E-state index contributed by atoms with van der Waals surface area (Å²) in [4.78, 5) is 0. The average Bonchev–Trinajstić information content (AvgIpc) is 3.11. The van der Waals surface area contributed by atoms with E-state index >= 15 is 0 Å². The molecule has 0 saturated heterocycles. The number of allylic oxidation sites excluding steroid dienone is 2. The largest absolute Gasteiger partial charge is 4.00 e. The van der Waals surface area contributed by atoms with E-state index in [1.165, 1.54) is 10.9 Å². The first-order valence-corrected chi connectivity index (χ1v) is 7.00. The maximum Gasteiger partial charge on any atom is 4.00 e. The van der Waals surface area contributed by atoms with Gasteiger partial charge in [-0.3, -0.25) is 0 Å². The van der Waals surface area contributed by atoms with Crippen LogP contribution in [0, 0.1) is 26.0 Å². The SMILES string of the molecule is COC1=[C-]CC=C1OC.C[O-].C[O-].Cc1[c-]c(C)[pH]c1.[Ti+4]. The first kappa shape index (κ1) is 25.4. The molecule has 6 heteroatoms. The molecule has 1 unspecified atom stereocenters. The molecule has 0 spiro atoms. The van der Waals surface area contributed by atoms with Gasteiger partial charge in [0, 0.05) is 5.76 Å². The number of methoxy groups -OCH3 is 2. The molecule has 2 rings (SSSR count). The Morgan fingerprint density at radius 2 is 1.67 bits per heavy atom. The van der Waals surface area contributed by atoms with Crippen LogP contribution in [0.4, 0.5) is 0 Å². The van der Waals surface area contributed by atoms with Crippen molar-refractivity contribution in [1.29, 1.82) is 0 Å². The maximum atomic E-state index is 8.25.